The molecule has 1 amide bonds. The van der Waals surface area contributed by atoms with Gasteiger partial charge < -0.3 is 15.8 Å². The summed E-state index contributed by atoms with van der Waals surface area (Å²) < 4.78 is 5.87. The highest BCUT2D eigenvalue weighted by Crippen LogP contribution is 2.42. The number of rotatable bonds is 3. The van der Waals surface area contributed by atoms with Crippen LogP contribution in [-0.4, -0.2) is 12.5 Å². The molecule has 0 bridgehead atoms. The Morgan fingerprint density at radius 3 is 2.15 bits per heavy atom. The predicted molar refractivity (Wildman–Crippen MR) is 76.6 cm³/mol. The van der Waals surface area contributed by atoms with Crippen LogP contribution in [0.1, 0.15) is 23.6 Å². The zero-order valence-electron chi connectivity index (χ0n) is 11.0. The first-order valence-electron chi connectivity index (χ1n) is 6.64. The fourth-order valence-corrected chi connectivity index (χ4v) is 2.43. The summed E-state index contributed by atoms with van der Waals surface area (Å²) in [6, 6.07) is 15.3. The summed E-state index contributed by atoms with van der Waals surface area (Å²) in [6.45, 7) is 0.346. The molecule has 0 radical (unpaired) electrons. The molecule has 2 aromatic carbocycles. The molecule has 0 unspecified atom stereocenters. The van der Waals surface area contributed by atoms with E-state index in [2.05, 4.69) is 5.32 Å². The Bertz CT molecular complexity index is 594. The number of para-hydroxylation sites is 2. The number of nitrogens with one attached hydrogen (secondary N) is 1. The average Bonchev–Trinajstić information content (AvgIpc) is 2.47. The van der Waals surface area contributed by atoms with Gasteiger partial charge in [0, 0.05) is 24.1 Å². The van der Waals surface area contributed by atoms with Gasteiger partial charge in [-0.15, -0.1) is 0 Å². The largest absolute Gasteiger partial charge is 0.457 e. The minimum Gasteiger partial charge on any atom is -0.457 e. The first-order chi connectivity index (χ1) is 9.79. The van der Waals surface area contributed by atoms with Gasteiger partial charge >= 0.3 is 0 Å². The lowest BCUT2D eigenvalue weighted by molar-refractivity contribution is -0.121. The lowest BCUT2D eigenvalue weighted by atomic mass is 9.94. The molecular formula is C16H16N2O2. The van der Waals surface area contributed by atoms with Crippen LogP contribution in [0, 0.1) is 0 Å². The minimum absolute atomic E-state index is 0.0518. The van der Waals surface area contributed by atoms with Gasteiger partial charge in [0.1, 0.15) is 11.5 Å². The molecule has 102 valence electrons. The summed E-state index contributed by atoms with van der Waals surface area (Å²) in [4.78, 5) is 11.9. The van der Waals surface area contributed by atoms with Crippen molar-refractivity contribution in [1.29, 1.82) is 0 Å². The Hall–Kier alpha value is -2.33. The van der Waals surface area contributed by atoms with Crippen LogP contribution in [0.5, 0.6) is 11.5 Å². The number of hydrogen-bond acceptors (Lipinski definition) is 3. The number of ether oxygens (including phenoxy) is 1. The number of carbonyl (C=O) groups excluding carboxylic acids is 1. The second-order valence-corrected chi connectivity index (χ2v) is 4.72. The Balaban J connectivity index is 2.01. The highest BCUT2D eigenvalue weighted by molar-refractivity contribution is 5.77. The van der Waals surface area contributed by atoms with Gasteiger partial charge in [0.05, 0.1) is 6.04 Å². The third kappa shape index (κ3) is 2.26. The Kier molecular flexibility index (Phi) is 3.39. The van der Waals surface area contributed by atoms with Crippen molar-refractivity contribution in [2.24, 2.45) is 5.73 Å². The second kappa shape index (κ2) is 5.35. The maximum atomic E-state index is 11.9. The number of fused-ring (bicyclic) bond motifs is 2. The maximum absolute atomic E-state index is 11.9. The number of carbonyl (C=O) groups is 1. The number of nitrogens with two attached hydrogens (primary N) is 1. The first kappa shape index (κ1) is 12.7. The van der Waals surface area contributed by atoms with Gasteiger partial charge in [-0.25, -0.2) is 0 Å². The van der Waals surface area contributed by atoms with Crippen LogP contribution in [-0.2, 0) is 4.79 Å². The molecule has 1 heterocycles. The van der Waals surface area contributed by atoms with E-state index < -0.39 is 0 Å². The van der Waals surface area contributed by atoms with Gasteiger partial charge in [0.25, 0.3) is 0 Å². The summed E-state index contributed by atoms with van der Waals surface area (Å²) in [6.07, 6.45) is 0.321. The maximum Gasteiger partial charge on any atom is 0.222 e. The Morgan fingerprint density at radius 2 is 1.60 bits per heavy atom. The van der Waals surface area contributed by atoms with Gasteiger partial charge in [-0.1, -0.05) is 36.4 Å². The Labute approximate surface area is 117 Å². The zero-order chi connectivity index (χ0) is 13.9. The molecule has 1 aliphatic rings. The SMILES string of the molecule is NCCC(=O)NC1c2ccccc2Oc2ccccc21. The zero-order valence-corrected chi connectivity index (χ0v) is 11.0. The van der Waals surface area contributed by atoms with Crippen molar-refractivity contribution in [1.82, 2.24) is 5.32 Å². The van der Waals surface area contributed by atoms with E-state index >= 15 is 0 Å². The first-order valence-corrected chi connectivity index (χ1v) is 6.64. The van der Waals surface area contributed by atoms with Crippen molar-refractivity contribution in [3.8, 4) is 11.5 Å². The summed E-state index contributed by atoms with van der Waals surface area (Å²) in [5.74, 6) is 1.51. The summed E-state index contributed by atoms with van der Waals surface area (Å²) in [5.41, 5.74) is 7.38. The van der Waals surface area contributed by atoms with Crippen molar-refractivity contribution in [2.45, 2.75) is 12.5 Å². The quantitative estimate of drug-likeness (QED) is 0.898. The molecule has 0 saturated carbocycles. The molecule has 4 heteroatoms. The molecule has 0 aromatic heterocycles. The topological polar surface area (TPSA) is 64.4 Å². The van der Waals surface area contributed by atoms with E-state index in [1.54, 1.807) is 0 Å². The van der Waals surface area contributed by atoms with Crippen molar-refractivity contribution in [3.05, 3.63) is 59.7 Å². The lowest BCUT2D eigenvalue weighted by Gasteiger charge is -2.28. The monoisotopic (exact) mass is 268 g/mol. The van der Waals surface area contributed by atoms with Crippen LogP contribution in [0.2, 0.25) is 0 Å². The molecule has 0 saturated heterocycles. The van der Waals surface area contributed by atoms with Crippen LogP contribution >= 0.6 is 0 Å². The third-order valence-electron chi connectivity index (χ3n) is 3.36. The third-order valence-corrected chi connectivity index (χ3v) is 3.36. The van der Waals surface area contributed by atoms with Crippen LogP contribution in [0.3, 0.4) is 0 Å². The highest BCUT2D eigenvalue weighted by Gasteiger charge is 2.27. The molecule has 0 aliphatic carbocycles. The Morgan fingerprint density at radius 1 is 1.05 bits per heavy atom. The fraction of sp³-hybridized carbons (Fsp3) is 0.188. The van der Waals surface area contributed by atoms with E-state index in [1.165, 1.54) is 0 Å². The van der Waals surface area contributed by atoms with Crippen LogP contribution in [0.4, 0.5) is 0 Å². The molecule has 1 aliphatic heterocycles. The van der Waals surface area contributed by atoms with Crippen LogP contribution < -0.4 is 15.8 Å². The number of amides is 1. The average molecular weight is 268 g/mol. The van der Waals surface area contributed by atoms with Crippen molar-refractivity contribution < 1.29 is 9.53 Å². The molecule has 2 aromatic rings. The molecule has 0 spiro atoms. The van der Waals surface area contributed by atoms with Gasteiger partial charge in [-0.05, 0) is 12.1 Å². The molecule has 0 atom stereocenters. The summed E-state index contributed by atoms with van der Waals surface area (Å²) >= 11 is 0. The lowest BCUT2D eigenvalue weighted by Crippen LogP contribution is -2.32. The highest BCUT2D eigenvalue weighted by atomic mass is 16.5. The van der Waals surface area contributed by atoms with Crippen molar-refractivity contribution in [2.75, 3.05) is 6.54 Å². The van der Waals surface area contributed by atoms with Crippen molar-refractivity contribution >= 4 is 5.91 Å². The standard InChI is InChI=1S/C16H16N2O2/c17-10-9-15(19)18-16-11-5-1-3-7-13(11)20-14-8-4-2-6-12(14)16/h1-8,16H,9-10,17H2,(H,18,19). The van der Waals surface area contributed by atoms with E-state index in [9.17, 15) is 4.79 Å². The van der Waals surface area contributed by atoms with E-state index in [0.717, 1.165) is 22.6 Å². The van der Waals surface area contributed by atoms with Gasteiger partial charge in [0.2, 0.25) is 5.91 Å². The van der Waals surface area contributed by atoms with Crippen LogP contribution in [0.15, 0.2) is 48.5 Å². The van der Waals surface area contributed by atoms with Gasteiger partial charge in [0.15, 0.2) is 0 Å². The molecule has 3 rings (SSSR count). The summed E-state index contributed by atoms with van der Waals surface area (Å²) in [7, 11) is 0. The van der Waals surface area contributed by atoms with E-state index in [-0.39, 0.29) is 11.9 Å². The normalized spacial score (nSPS) is 13.1. The molecule has 3 N–H and O–H groups in total. The summed E-state index contributed by atoms with van der Waals surface area (Å²) in [5, 5.41) is 3.03. The van der Waals surface area contributed by atoms with Gasteiger partial charge in [-0.2, -0.15) is 0 Å². The van der Waals surface area contributed by atoms with E-state index in [1.807, 2.05) is 48.5 Å². The predicted octanol–water partition coefficient (Wildman–Crippen LogP) is 2.35. The molecule has 0 fully saturated rings. The number of hydrogen-bond donors (Lipinski definition) is 2. The number of benzene rings is 2. The molecule has 20 heavy (non-hydrogen) atoms. The van der Waals surface area contributed by atoms with Gasteiger partial charge in [-0.3, -0.25) is 4.79 Å². The minimum atomic E-state index is -0.185. The van der Waals surface area contributed by atoms with E-state index in [4.69, 9.17) is 10.5 Å². The smallest absolute Gasteiger partial charge is 0.222 e. The van der Waals surface area contributed by atoms with Crippen LogP contribution in [0.25, 0.3) is 0 Å². The molecular weight excluding hydrogens is 252 g/mol. The fourth-order valence-electron chi connectivity index (χ4n) is 2.43. The van der Waals surface area contributed by atoms with E-state index in [0.29, 0.717) is 13.0 Å². The van der Waals surface area contributed by atoms with Crippen molar-refractivity contribution in [3.63, 3.8) is 0 Å². The second-order valence-electron chi connectivity index (χ2n) is 4.72. The molecule has 4 nitrogen and oxygen atoms in total.